The summed E-state index contributed by atoms with van der Waals surface area (Å²) in [4.78, 5) is 46.1. The zero-order chi connectivity index (χ0) is 28.2. The molecule has 1 rings (SSSR count). The van der Waals surface area contributed by atoms with Crippen LogP contribution < -0.4 is 0 Å². The molecule has 0 N–H and O–H groups in total. The van der Waals surface area contributed by atoms with E-state index in [1.165, 1.54) is 0 Å². The summed E-state index contributed by atoms with van der Waals surface area (Å²) >= 11 is 0. The zero-order valence-corrected chi connectivity index (χ0v) is 24.8. The van der Waals surface area contributed by atoms with Gasteiger partial charge in [0.15, 0.2) is 0 Å². The molecule has 0 aromatic rings. The second-order valence-electron chi connectivity index (χ2n) is 12.0. The molecule has 37 heavy (non-hydrogen) atoms. The molecule has 1 aliphatic rings. The number of hydrogen-bond donors (Lipinski definition) is 0. The van der Waals surface area contributed by atoms with Crippen molar-refractivity contribution in [3.05, 3.63) is 0 Å². The van der Waals surface area contributed by atoms with Crippen LogP contribution in [0.4, 0.5) is 0 Å². The Morgan fingerprint density at radius 2 is 0.892 bits per heavy atom. The summed E-state index contributed by atoms with van der Waals surface area (Å²) in [5.74, 6) is -0.787. The highest BCUT2D eigenvalue weighted by Gasteiger charge is 2.24. The molecule has 0 aliphatic carbocycles. The Hall–Kier alpha value is -1.75. The van der Waals surface area contributed by atoms with Crippen LogP contribution in [0.2, 0.25) is 0 Å². The molecule has 0 radical (unpaired) electrons. The van der Waals surface area contributed by atoms with Crippen LogP contribution in [0.1, 0.15) is 62.3 Å². The Labute approximate surface area is 224 Å². The van der Waals surface area contributed by atoms with E-state index < -0.39 is 11.2 Å². The maximum atomic E-state index is 12.6. The predicted octanol–water partition coefficient (Wildman–Crippen LogP) is 1.86. The van der Waals surface area contributed by atoms with Crippen LogP contribution in [0.3, 0.4) is 0 Å². The van der Waals surface area contributed by atoms with E-state index in [1.54, 1.807) is 0 Å². The van der Waals surface area contributed by atoms with Crippen molar-refractivity contribution >= 4 is 17.9 Å². The highest BCUT2D eigenvalue weighted by atomic mass is 16.6. The zero-order valence-electron chi connectivity index (χ0n) is 24.8. The first kappa shape index (κ1) is 33.3. The molecule has 0 aromatic heterocycles. The van der Waals surface area contributed by atoms with E-state index in [4.69, 9.17) is 14.2 Å². The van der Waals surface area contributed by atoms with Gasteiger partial charge < -0.3 is 19.1 Å². The summed E-state index contributed by atoms with van der Waals surface area (Å²) in [6.45, 7) is 23.8. The number of rotatable bonds is 8. The molecule has 0 aromatic carbocycles. The van der Waals surface area contributed by atoms with E-state index in [0.717, 1.165) is 19.6 Å². The van der Waals surface area contributed by atoms with Gasteiger partial charge in [0, 0.05) is 52.4 Å². The van der Waals surface area contributed by atoms with Gasteiger partial charge in [-0.3, -0.25) is 29.1 Å². The lowest BCUT2D eigenvalue weighted by Gasteiger charge is -2.34. The number of ether oxygens (including phenoxy) is 3. The number of hydrogen-bond acceptors (Lipinski definition) is 10. The fraction of sp³-hybridized carbons (Fsp3) is 0.889. The van der Waals surface area contributed by atoms with E-state index in [-0.39, 0.29) is 43.6 Å². The summed E-state index contributed by atoms with van der Waals surface area (Å²) in [6, 6.07) is 0. The van der Waals surface area contributed by atoms with Crippen LogP contribution >= 0.6 is 0 Å². The third-order valence-corrected chi connectivity index (χ3v) is 5.64. The van der Waals surface area contributed by atoms with Gasteiger partial charge in [-0.25, -0.2) is 0 Å². The molecule has 216 valence electrons. The lowest BCUT2D eigenvalue weighted by Crippen LogP contribution is -2.49. The predicted molar refractivity (Wildman–Crippen MR) is 144 cm³/mol. The van der Waals surface area contributed by atoms with Crippen LogP contribution in [-0.2, 0) is 28.6 Å². The van der Waals surface area contributed by atoms with E-state index in [0.29, 0.717) is 39.3 Å². The third kappa shape index (κ3) is 16.7. The highest BCUT2D eigenvalue weighted by Crippen LogP contribution is 2.10. The second-order valence-corrected chi connectivity index (χ2v) is 12.0. The quantitative estimate of drug-likeness (QED) is 0.343. The SMILES string of the molecule is CCN1CCN(CC(=O)OC(C)(C)C)CCN(CC(=O)OC(C)C)CCN(CC(=O)OC(C)(C)C)CC1. The molecule has 10 nitrogen and oxygen atoms in total. The number of esters is 3. The monoisotopic (exact) mass is 528 g/mol. The number of carbonyl (C=O) groups excluding carboxylic acids is 3. The van der Waals surface area contributed by atoms with E-state index >= 15 is 0 Å². The molecular weight excluding hydrogens is 476 g/mol. The molecule has 0 bridgehead atoms. The lowest BCUT2D eigenvalue weighted by atomic mass is 10.2. The number of nitrogens with zero attached hydrogens (tertiary/aromatic N) is 4. The van der Waals surface area contributed by atoms with Gasteiger partial charge in [-0.15, -0.1) is 0 Å². The average Bonchev–Trinajstić information content (AvgIpc) is 2.70. The first-order valence-corrected chi connectivity index (χ1v) is 13.6. The van der Waals surface area contributed by atoms with Crippen molar-refractivity contribution in [1.29, 1.82) is 0 Å². The van der Waals surface area contributed by atoms with Crippen LogP contribution in [0.25, 0.3) is 0 Å². The summed E-state index contributed by atoms with van der Waals surface area (Å²) in [5, 5.41) is 0. The minimum absolute atomic E-state index is 0.153. The highest BCUT2D eigenvalue weighted by molar-refractivity contribution is 5.73. The lowest BCUT2D eigenvalue weighted by molar-refractivity contribution is -0.157. The van der Waals surface area contributed by atoms with Crippen molar-refractivity contribution in [2.24, 2.45) is 0 Å². The van der Waals surface area contributed by atoms with Crippen LogP contribution in [-0.4, -0.2) is 133 Å². The maximum absolute atomic E-state index is 12.6. The summed E-state index contributed by atoms with van der Waals surface area (Å²) < 4.78 is 16.5. The minimum Gasteiger partial charge on any atom is -0.462 e. The van der Waals surface area contributed by atoms with E-state index in [1.807, 2.05) is 60.3 Å². The third-order valence-electron chi connectivity index (χ3n) is 5.64. The molecule has 0 amide bonds. The Morgan fingerprint density at radius 1 is 0.595 bits per heavy atom. The average molecular weight is 529 g/mol. The summed E-state index contributed by atoms with van der Waals surface area (Å²) in [6.07, 6.45) is -0.188. The molecule has 1 fully saturated rings. The maximum Gasteiger partial charge on any atom is 0.320 e. The molecule has 0 atom stereocenters. The second kappa shape index (κ2) is 15.6. The van der Waals surface area contributed by atoms with Crippen molar-refractivity contribution in [3.63, 3.8) is 0 Å². The molecule has 0 saturated carbocycles. The van der Waals surface area contributed by atoms with Gasteiger partial charge in [0.2, 0.25) is 0 Å². The standard InChI is InChI=1S/C27H52N4O6/c1-10-28-11-13-30(20-24(33)36-26(4,5)6)17-15-29(19-23(32)35-22(2)3)16-18-31(14-12-28)21-25(34)37-27(7,8)9/h22H,10-21H2,1-9H3. The van der Waals surface area contributed by atoms with Gasteiger partial charge in [0.1, 0.15) is 11.2 Å². The molecule has 0 spiro atoms. The Balaban J connectivity index is 2.99. The number of likely N-dealkylation sites (N-methyl/N-ethyl adjacent to an activating group) is 1. The molecular formula is C27H52N4O6. The van der Waals surface area contributed by atoms with Gasteiger partial charge in [0.05, 0.1) is 25.7 Å². The van der Waals surface area contributed by atoms with Crippen LogP contribution in [0.5, 0.6) is 0 Å². The largest absolute Gasteiger partial charge is 0.462 e. The molecule has 1 aliphatic heterocycles. The molecule has 0 unspecified atom stereocenters. The van der Waals surface area contributed by atoms with E-state index in [2.05, 4.69) is 21.6 Å². The Kier molecular flexibility index (Phi) is 14.0. The van der Waals surface area contributed by atoms with Gasteiger partial charge in [-0.05, 0) is 61.9 Å². The van der Waals surface area contributed by atoms with Crippen molar-refractivity contribution in [2.45, 2.75) is 79.6 Å². The number of carbonyl (C=O) groups is 3. The first-order chi connectivity index (χ1) is 17.1. The molecule has 1 saturated heterocycles. The fourth-order valence-corrected chi connectivity index (χ4v) is 3.96. The van der Waals surface area contributed by atoms with Crippen LogP contribution in [0.15, 0.2) is 0 Å². The van der Waals surface area contributed by atoms with Gasteiger partial charge in [-0.1, -0.05) is 6.92 Å². The van der Waals surface area contributed by atoms with Crippen molar-refractivity contribution in [3.8, 4) is 0 Å². The Bertz CT molecular complexity index is 671. The molecule has 1 heterocycles. The minimum atomic E-state index is -0.538. The van der Waals surface area contributed by atoms with Gasteiger partial charge >= 0.3 is 17.9 Å². The smallest absolute Gasteiger partial charge is 0.320 e. The Morgan fingerprint density at radius 3 is 1.16 bits per heavy atom. The first-order valence-electron chi connectivity index (χ1n) is 13.6. The van der Waals surface area contributed by atoms with Crippen LogP contribution in [0, 0.1) is 0 Å². The normalized spacial score (nSPS) is 18.6. The summed E-state index contributed by atoms with van der Waals surface area (Å²) in [5.41, 5.74) is -1.08. The van der Waals surface area contributed by atoms with Gasteiger partial charge in [0.25, 0.3) is 0 Å². The summed E-state index contributed by atoms with van der Waals surface area (Å²) in [7, 11) is 0. The topological polar surface area (TPSA) is 91.9 Å². The van der Waals surface area contributed by atoms with Crippen molar-refractivity contribution in [1.82, 2.24) is 19.6 Å². The van der Waals surface area contributed by atoms with Crippen molar-refractivity contribution in [2.75, 3.05) is 78.5 Å². The van der Waals surface area contributed by atoms with E-state index in [9.17, 15) is 14.4 Å². The van der Waals surface area contributed by atoms with Gasteiger partial charge in [-0.2, -0.15) is 0 Å². The van der Waals surface area contributed by atoms with Crippen molar-refractivity contribution < 1.29 is 28.6 Å². The molecule has 10 heteroatoms. The fourth-order valence-electron chi connectivity index (χ4n) is 3.96.